The molecule has 74 valence electrons. The summed E-state index contributed by atoms with van der Waals surface area (Å²) in [6, 6.07) is -0.372. The summed E-state index contributed by atoms with van der Waals surface area (Å²) in [5, 5.41) is 8.82. The van der Waals surface area contributed by atoms with Crippen LogP contribution in [0, 0.1) is 0 Å². The Morgan fingerprint density at radius 1 is 1.62 bits per heavy atom. The largest absolute Gasteiger partial charge is 0.480 e. The molecule has 0 spiro atoms. The van der Waals surface area contributed by atoms with Crippen LogP contribution in [0.3, 0.4) is 0 Å². The van der Waals surface area contributed by atoms with Gasteiger partial charge in [-0.3, -0.25) is 4.79 Å². The summed E-state index contributed by atoms with van der Waals surface area (Å²) in [5.41, 5.74) is 0. The first-order chi connectivity index (χ1) is 5.87. The maximum absolute atomic E-state index is 10.7. The lowest BCUT2D eigenvalue weighted by Crippen LogP contribution is -2.14. The van der Waals surface area contributed by atoms with E-state index in [4.69, 9.17) is 5.11 Å². The van der Waals surface area contributed by atoms with Gasteiger partial charge >= 0.3 is 5.97 Å². The molecule has 3 nitrogen and oxygen atoms in total. The van der Waals surface area contributed by atoms with Crippen LogP contribution in [-0.4, -0.2) is 32.2 Å². The van der Waals surface area contributed by atoms with E-state index in [1.165, 1.54) is 0 Å². The van der Waals surface area contributed by atoms with Gasteiger partial charge in [-0.05, 0) is 20.8 Å². The third-order valence-corrected chi connectivity index (χ3v) is 2.90. The molecule has 0 aromatic heterocycles. The van der Waals surface area contributed by atoms with Crippen molar-refractivity contribution in [2.75, 3.05) is 0 Å². The van der Waals surface area contributed by atoms with Crippen molar-refractivity contribution in [1.29, 1.82) is 0 Å². The predicted molar refractivity (Wildman–Crippen MR) is 54.6 cm³/mol. The Labute approximate surface area is 82.9 Å². The first kappa shape index (κ1) is 10.6. The van der Waals surface area contributed by atoms with E-state index in [1.54, 1.807) is 18.0 Å². The number of hydrogen-bond donors (Lipinski definition) is 1. The minimum absolute atomic E-state index is 0.00160. The number of carbonyl (C=O) groups is 1. The number of carboxylic acids is 1. The summed E-state index contributed by atoms with van der Waals surface area (Å²) >= 11 is 1.57. The van der Waals surface area contributed by atoms with Gasteiger partial charge in [-0.25, -0.2) is 4.31 Å². The Balaban J connectivity index is 2.55. The van der Waals surface area contributed by atoms with E-state index in [9.17, 15) is 4.79 Å². The second-order valence-electron chi connectivity index (χ2n) is 4.07. The number of nitrogens with zero attached hydrogens (tertiary/aromatic N) is 1. The molecule has 1 N–H and O–H groups in total. The Bertz CT molecular complexity index is 234. The Hall–Kier alpha value is -0.480. The summed E-state index contributed by atoms with van der Waals surface area (Å²) in [6.45, 7) is 9.81. The average molecular weight is 201 g/mol. The topological polar surface area (TPSA) is 40.3 Å². The second-order valence-corrected chi connectivity index (χ2v) is 5.90. The van der Waals surface area contributed by atoms with E-state index >= 15 is 0 Å². The van der Waals surface area contributed by atoms with Gasteiger partial charge < -0.3 is 5.11 Å². The van der Waals surface area contributed by atoms with Crippen LogP contribution < -0.4 is 0 Å². The molecule has 0 bridgehead atoms. The molecule has 1 fully saturated rings. The van der Waals surface area contributed by atoms with Gasteiger partial charge in [-0.1, -0.05) is 18.0 Å². The van der Waals surface area contributed by atoms with Crippen molar-refractivity contribution < 1.29 is 9.90 Å². The van der Waals surface area contributed by atoms with Crippen molar-refractivity contribution in [1.82, 2.24) is 4.31 Å². The van der Waals surface area contributed by atoms with Crippen LogP contribution in [0.1, 0.15) is 20.8 Å². The van der Waals surface area contributed by atoms with Gasteiger partial charge in [0.1, 0.15) is 6.04 Å². The molecule has 1 saturated heterocycles. The highest BCUT2D eigenvalue weighted by molar-refractivity contribution is 7.98. The highest BCUT2D eigenvalue weighted by atomic mass is 32.2. The normalized spacial score (nSPS) is 32.7. The molecule has 1 rings (SSSR count). The van der Waals surface area contributed by atoms with Crippen molar-refractivity contribution >= 4 is 17.9 Å². The highest BCUT2D eigenvalue weighted by Gasteiger charge is 2.53. The summed E-state index contributed by atoms with van der Waals surface area (Å²) in [7, 11) is 0. The molecule has 0 amide bonds. The predicted octanol–water partition coefficient (Wildman–Crippen LogP) is 1.76. The van der Waals surface area contributed by atoms with Crippen molar-refractivity contribution in [3.8, 4) is 0 Å². The minimum atomic E-state index is -0.762. The fourth-order valence-electron chi connectivity index (χ4n) is 1.15. The molecule has 1 aliphatic rings. The molecule has 0 aromatic carbocycles. The quantitative estimate of drug-likeness (QED) is 0.429. The number of hydrogen-bond acceptors (Lipinski definition) is 3. The van der Waals surface area contributed by atoms with Gasteiger partial charge in [0.05, 0.1) is 6.04 Å². The molecular weight excluding hydrogens is 186 g/mol. The van der Waals surface area contributed by atoms with E-state index in [2.05, 4.69) is 27.4 Å². The van der Waals surface area contributed by atoms with Crippen LogP contribution in [-0.2, 0) is 4.79 Å². The van der Waals surface area contributed by atoms with Crippen LogP contribution in [0.5, 0.6) is 0 Å². The lowest BCUT2D eigenvalue weighted by Gasteiger charge is -2.17. The van der Waals surface area contributed by atoms with Crippen molar-refractivity contribution in [2.24, 2.45) is 0 Å². The Morgan fingerprint density at radius 2 is 2.15 bits per heavy atom. The fourth-order valence-corrected chi connectivity index (χ4v) is 2.38. The molecule has 0 saturated carbocycles. The van der Waals surface area contributed by atoms with Gasteiger partial charge in [0.25, 0.3) is 0 Å². The van der Waals surface area contributed by atoms with Gasteiger partial charge in [0, 0.05) is 4.75 Å². The summed E-state index contributed by atoms with van der Waals surface area (Å²) in [4.78, 5) is 10.7. The molecule has 3 atom stereocenters. The van der Waals surface area contributed by atoms with Gasteiger partial charge in [-0.15, -0.1) is 6.58 Å². The van der Waals surface area contributed by atoms with Crippen molar-refractivity contribution in [3.05, 3.63) is 12.7 Å². The maximum atomic E-state index is 10.7. The summed E-state index contributed by atoms with van der Waals surface area (Å²) in [6.07, 6.45) is 1.69. The molecule has 0 aromatic rings. The van der Waals surface area contributed by atoms with Crippen LogP contribution in [0.2, 0.25) is 0 Å². The molecule has 4 heteroatoms. The molecule has 0 radical (unpaired) electrons. The molecule has 1 aliphatic heterocycles. The summed E-state index contributed by atoms with van der Waals surface area (Å²) < 4.78 is 1.93. The SMILES string of the molecule is C=C[C@@H]1[C@H](C(=O)O)N1SC(C)(C)C. The van der Waals surface area contributed by atoms with Crippen LogP contribution in [0.4, 0.5) is 0 Å². The molecule has 0 aliphatic carbocycles. The highest BCUT2D eigenvalue weighted by Crippen LogP contribution is 2.43. The third kappa shape index (κ3) is 2.48. The van der Waals surface area contributed by atoms with E-state index in [0.717, 1.165) is 0 Å². The lowest BCUT2D eigenvalue weighted by molar-refractivity contribution is -0.136. The second kappa shape index (κ2) is 3.35. The van der Waals surface area contributed by atoms with Gasteiger partial charge in [0.2, 0.25) is 0 Å². The van der Waals surface area contributed by atoms with E-state index in [-0.39, 0.29) is 16.8 Å². The monoisotopic (exact) mass is 201 g/mol. The van der Waals surface area contributed by atoms with Crippen LogP contribution >= 0.6 is 11.9 Å². The third-order valence-electron chi connectivity index (χ3n) is 1.68. The van der Waals surface area contributed by atoms with Crippen molar-refractivity contribution in [3.63, 3.8) is 0 Å². The number of carboxylic acid groups (broad SMARTS) is 1. The fraction of sp³-hybridized carbons (Fsp3) is 0.667. The Kier molecular flexibility index (Phi) is 2.73. The first-order valence-corrected chi connectivity index (χ1v) is 4.97. The molecule has 1 heterocycles. The first-order valence-electron chi connectivity index (χ1n) is 4.19. The Morgan fingerprint density at radius 3 is 2.38 bits per heavy atom. The number of aliphatic carboxylic acids is 1. The number of rotatable bonds is 3. The zero-order valence-electron chi connectivity index (χ0n) is 8.15. The van der Waals surface area contributed by atoms with Crippen LogP contribution in [0.25, 0.3) is 0 Å². The molecular formula is C9H15NO2S. The minimum Gasteiger partial charge on any atom is -0.480 e. The lowest BCUT2D eigenvalue weighted by atomic mass is 10.3. The van der Waals surface area contributed by atoms with Gasteiger partial charge in [-0.2, -0.15) is 0 Å². The smallest absolute Gasteiger partial charge is 0.323 e. The van der Waals surface area contributed by atoms with E-state index < -0.39 is 5.97 Å². The zero-order valence-corrected chi connectivity index (χ0v) is 8.97. The average Bonchev–Trinajstić information content (AvgIpc) is 2.58. The molecule has 1 unspecified atom stereocenters. The van der Waals surface area contributed by atoms with E-state index in [0.29, 0.717) is 0 Å². The van der Waals surface area contributed by atoms with Gasteiger partial charge in [0.15, 0.2) is 0 Å². The van der Waals surface area contributed by atoms with Crippen LogP contribution in [0.15, 0.2) is 12.7 Å². The molecule has 13 heavy (non-hydrogen) atoms. The zero-order chi connectivity index (χ0) is 10.2. The summed E-state index contributed by atoms with van der Waals surface area (Å²) in [5.74, 6) is -0.762. The maximum Gasteiger partial charge on any atom is 0.323 e. The standard InChI is InChI=1S/C9H15NO2S/c1-5-6-7(8(11)12)10(6)13-9(2,3)4/h5-7H,1H2,2-4H3,(H,11,12)/t6-,7-,10?/m1/s1. The van der Waals surface area contributed by atoms with Crippen molar-refractivity contribution in [2.45, 2.75) is 37.6 Å². The van der Waals surface area contributed by atoms with E-state index in [1.807, 2.05) is 4.31 Å².